The Morgan fingerprint density at radius 3 is 3.00 bits per heavy atom. The number of hydrogen-bond donors (Lipinski definition) is 1. The van der Waals surface area contributed by atoms with E-state index in [4.69, 9.17) is 4.74 Å². The summed E-state index contributed by atoms with van der Waals surface area (Å²) < 4.78 is 5.29. The molecule has 0 saturated heterocycles. The average molecular weight is 248 g/mol. The van der Waals surface area contributed by atoms with Gasteiger partial charge >= 0.3 is 0 Å². The third-order valence-electron chi connectivity index (χ3n) is 4.09. The van der Waals surface area contributed by atoms with Crippen molar-refractivity contribution in [1.82, 2.24) is 10.3 Å². The molecular formula is C15H24N2O. The second kappa shape index (κ2) is 5.70. The maximum atomic E-state index is 5.29. The van der Waals surface area contributed by atoms with Gasteiger partial charge < -0.3 is 10.1 Å². The fraction of sp³-hybridized carbons (Fsp3) is 0.667. The molecule has 1 unspecified atom stereocenters. The fourth-order valence-corrected chi connectivity index (χ4v) is 2.85. The van der Waals surface area contributed by atoms with Gasteiger partial charge in [-0.1, -0.05) is 32.8 Å². The van der Waals surface area contributed by atoms with Crippen molar-refractivity contribution < 1.29 is 4.74 Å². The third kappa shape index (κ3) is 3.02. The summed E-state index contributed by atoms with van der Waals surface area (Å²) in [6.45, 7) is 5.57. The Balaban J connectivity index is 1.98. The van der Waals surface area contributed by atoms with E-state index in [1.54, 1.807) is 13.3 Å². The van der Waals surface area contributed by atoms with Crippen molar-refractivity contribution in [3.05, 3.63) is 23.9 Å². The molecule has 1 saturated carbocycles. The van der Waals surface area contributed by atoms with Crippen molar-refractivity contribution >= 4 is 0 Å². The Kier molecular flexibility index (Phi) is 4.23. The molecule has 3 heteroatoms. The van der Waals surface area contributed by atoms with Crippen molar-refractivity contribution in [3.8, 4) is 5.88 Å². The summed E-state index contributed by atoms with van der Waals surface area (Å²) in [5.74, 6) is 0.735. The third-order valence-corrected chi connectivity index (χ3v) is 4.09. The second-order valence-electron chi connectivity index (χ2n) is 5.84. The number of ether oxygens (including phenoxy) is 1. The molecule has 0 spiro atoms. The minimum absolute atomic E-state index is 0.397. The van der Waals surface area contributed by atoms with Gasteiger partial charge in [-0.3, -0.25) is 0 Å². The zero-order chi connectivity index (χ0) is 13.0. The number of aromatic nitrogens is 1. The van der Waals surface area contributed by atoms with E-state index in [1.165, 1.54) is 25.7 Å². The van der Waals surface area contributed by atoms with Crippen LogP contribution >= 0.6 is 0 Å². The molecule has 1 aliphatic rings. The second-order valence-corrected chi connectivity index (χ2v) is 5.84. The maximum Gasteiger partial charge on any atom is 0.217 e. The Morgan fingerprint density at radius 2 is 2.28 bits per heavy atom. The molecule has 1 fully saturated rings. The summed E-state index contributed by atoms with van der Waals surface area (Å²) in [4.78, 5) is 4.24. The van der Waals surface area contributed by atoms with E-state index < -0.39 is 0 Å². The van der Waals surface area contributed by atoms with Gasteiger partial charge in [0.05, 0.1) is 7.11 Å². The maximum absolute atomic E-state index is 5.29. The summed E-state index contributed by atoms with van der Waals surface area (Å²) in [7, 11) is 1.68. The molecule has 0 aromatic carbocycles. The molecular weight excluding hydrogens is 224 g/mol. The van der Waals surface area contributed by atoms with Crippen LogP contribution in [0.25, 0.3) is 0 Å². The predicted molar refractivity (Wildman–Crippen MR) is 73.7 cm³/mol. The first-order chi connectivity index (χ1) is 8.63. The van der Waals surface area contributed by atoms with Gasteiger partial charge in [-0.2, -0.15) is 0 Å². The average Bonchev–Trinajstić information content (AvgIpc) is 2.37. The number of nitrogens with one attached hydrogen (secondary N) is 1. The van der Waals surface area contributed by atoms with Gasteiger partial charge in [0.2, 0.25) is 5.88 Å². The minimum Gasteiger partial charge on any atom is -0.481 e. The number of nitrogens with zero attached hydrogens (tertiary/aromatic N) is 1. The lowest BCUT2D eigenvalue weighted by atomic mass is 9.73. The van der Waals surface area contributed by atoms with Gasteiger partial charge in [0.15, 0.2) is 0 Å². The van der Waals surface area contributed by atoms with Crippen molar-refractivity contribution in [3.63, 3.8) is 0 Å². The van der Waals surface area contributed by atoms with Crippen LogP contribution in [0.3, 0.4) is 0 Å². The first-order valence-electron chi connectivity index (χ1n) is 6.85. The number of rotatable bonds is 4. The first kappa shape index (κ1) is 13.3. The van der Waals surface area contributed by atoms with E-state index in [0.717, 1.165) is 18.0 Å². The van der Waals surface area contributed by atoms with Crippen LogP contribution < -0.4 is 10.1 Å². The monoisotopic (exact) mass is 248 g/mol. The van der Waals surface area contributed by atoms with Gasteiger partial charge in [-0.05, 0) is 24.3 Å². The summed E-state index contributed by atoms with van der Waals surface area (Å²) in [5, 5.41) is 3.68. The summed E-state index contributed by atoms with van der Waals surface area (Å²) in [5.41, 5.74) is 1.54. The highest BCUT2D eigenvalue weighted by Crippen LogP contribution is 2.35. The zero-order valence-electron chi connectivity index (χ0n) is 11.7. The minimum atomic E-state index is 0.397. The van der Waals surface area contributed by atoms with Crippen molar-refractivity contribution in [2.24, 2.45) is 5.41 Å². The summed E-state index contributed by atoms with van der Waals surface area (Å²) in [6.07, 6.45) is 7.06. The summed E-state index contributed by atoms with van der Waals surface area (Å²) in [6, 6.07) is 4.64. The quantitative estimate of drug-likeness (QED) is 0.888. The molecule has 1 aromatic rings. The van der Waals surface area contributed by atoms with E-state index in [1.807, 2.05) is 6.07 Å². The normalized spacial score (nSPS) is 22.7. The topological polar surface area (TPSA) is 34.1 Å². The molecule has 2 rings (SSSR count). The Labute approximate surface area is 110 Å². The lowest BCUT2D eigenvalue weighted by Gasteiger charge is -2.39. The molecule has 0 amide bonds. The number of hydrogen-bond acceptors (Lipinski definition) is 3. The molecule has 0 radical (unpaired) electrons. The lowest BCUT2D eigenvalue weighted by molar-refractivity contribution is 0.166. The van der Waals surface area contributed by atoms with Gasteiger partial charge in [-0.25, -0.2) is 4.98 Å². The molecule has 100 valence electrons. The van der Waals surface area contributed by atoms with Crippen LogP contribution in [0.4, 0.5) is 0 Å². The molecule has 1 heterocycles. The SMILES string of the molecule is COc1ncccc1CNC1CCCCC1(C)C. The Hall–Kier alpha value is -1.09. The molecule has 0 bridgehead atoms. The van der Waals surface area contributed by atoms with Crippen LogP contribution in [0.15, 0.2) is 18.3 Å². The van der Waals surface area contributed by atoms with Crippen molar-refractivity contribution in [1.29, 1.82) is 0 Å². The van der Waals surface area contributed by atoms with Gasteiger partial charge in [0.1, 0.15) is 0 Å². The molecule has 18 heavy (non-hydrogen) atoms. The Morgan fingerprint density at radius 1 is 1.44 bits per heavy atom. The molecule has 1 N–H and O–H groups in total. The zero-order valence-corrected chi connectivity index (χ0v) is 11.7. The smallest absolute Gasteiger partial charge is 0.217 e. The number of pyridine rings is 1. The van der Waals surface area contributed by atoms with Gasteiger partial charge in [0.25, 0.3) is 0 Å². The lowest BCUT2D eigenvalue weighted by Crippen LogP contribution is -2.43. The molecule has 3 nitrogen and oxygen atoms in total. The fourth-order valence-electron chi connectivity index (χ4n) is 2.85. The van der Waals surface area contributed by atoms with Crippen LogP contribution in [-0.2, 0) is 6.54 Å². The number of methoxy groups -OCH3 is 1. The highest BCUT2D eigenvalue weighted by Gasteiger charge is 2.31. The van der Waals surface area contributed by atoms with E-state index >= 15 is 0 Å². The van der Waals surface area contributed by atoms with E-state index in [9.17, 15) is 0 Å². The van der Waals surface area contributed by atoms with Crippen LogP contribution in [0.1, 0.15) is 45.1 Å². The van der Waals surface area contributed by atoms with E-state index in [-0.39, 0.29) is 0 Å². The van der Waals surface area contributed by atoms with Crippen molar-refractivity contribution in [2.75, 3.05) is 7.11 Å². The van der Waals surface area contributed by atoms with E-state index in [2.05, 4.69) is 30.2 Å². The highest BCUT2D eigenvalue weighted by molar-refractivity contribution is 5.25. The first-order valence-corrected chi connectivity index (χ1v) is 6.85. The van der Waals surface area contributed by atoms with Gasteiger partial charge in [0, 0.05) is 24.3 Å². The van der Waals surface area contributed by atoms with Crippen molar-refractivity contribution in [2.45, 2.75) is 52.1 Å². The molecule has 1 aromatic heterocycles. The van der Waals surface area contributed by atoms with Gasteiger partial charge in [-0.15, -0.1) is 0 Å². The predicted octanol–water partition coefficient (Wildman–Crippen LogP) is 3.15. The van der Waals surface area contributed by atoms with Crippen LogP contribution in [0.2, 0.25) is 0 Å². The Bertz CT molecular complexity index is 390. The molecule has 1 aliphatic carbocycles. The molecule has 0 aliphatic heterocycles. The highest BCUT2D eigenvalue weighted by atomic mass is 16.5. The van der Waals surface area contributed by atoms with Crippen LogP contribution in [0.5, 0.6) is 5.88 Å². The summed E-state index contributed by atoms with van der Waals surface area (Å²) >= 11 is 0. The van der Waals surface area contributed by atoms with Crippen LogP contribution in [0, 0.1) is 5.41 Å². The largest absolute Gasteiger partial charge is 0.481 e. The van der Waals surface area contributed by atoms with Crippen LogP contribution in [-0.4, -0.2) is 18.1 Å². The standard InChI is InChI=1S/C15H24N2O/c1-15(2)9-5-4-8-13(15)17-11-12-7-6-10-16-14(12)18-3/h6-7,10,13,17H,4-5,8-9,11H2,1-3H3. The van der Waals surface area contributed by atoms with E-state index in [0.29, 0.717) is 11.5 Å². The molecule has 1 atom stereocenters.